The summed E-state index contributed by atoms with van der Waals surface area (Å²) in [5.41, 5.74) is -0.806. The van der Waals surface area contributed by atoms with Crippen molar-refractivity contribution in [3.63, 3.8) is 0 Å². The van der Waals surface area contributed by atoms with Gasteiger partial charge in [-0.3, -0.25) is 0 Å². The Kier molecular flexibility index (Phi) is 2.37. The molecule has 0 amide bonds. The van der Waals surface area contributed by atoms with Crippen molar-refractivity contribution < 1.29 is 9.90 Å². The summed E-state index contributed by atoms with van der Waals surface area (Å²) in [6.45, 7) is 0. The molecule has 0 radical (unpaired) electrons. The Balaban J connectivity index is 2.16. The van der Waals surface area contributed by atoms with E-state index in [1.165, 1.54) is 17.9 Å². The van der Waals surface area contributed by atoms with Gasteiger partial charge in [-0.05, 0) is 12.8 Å². The predicted octanol–water partition coefficient (Wildman–Crippen LogP) is 1.35. The smallest absolute Gasteiger partial charge is 0.329 e. The van der Waals surface area contributed by atoms with Gasteiger partial charge in [-0.15, -0.1) is 0 Å². The van der Waals surface area contributed by atoms with Crippen molar-refractivity contribution >= 4 is 22.6 Å². The van der Waals surface area contributed by atoms with E-state index in [1.807, 2.05) is 0 Å². The number of aliphatic carboxylic acids is 1. The van der Waals surface area contributed by atoms with E-state index in [9.17, 15) is 4.79 Å². The topological polar surface area (TPSA) is 75.1 Å². The predicted molar refractivity (Wildman–Crippen MR) is 52.4 cm³/mol. The Labute approximate surface area is 85.3 Å². The van der Waals surface area contributed by atoms with Crippen molar-refractivity contribution in [3.8, 4) is 0 Å². The fourth-order valence-corrected chi connectivity index (χ4v) is 2.33. The number of carbonyl (C=O) groups is 1. The van der Waals surface area contributed by atoms with Crippen molar-refractivity contribution in [3.05, 3.63) is 6.33 Å². The van der Waals surface area contributed by atoms with E-state index in [-0.39, 0.29) is 0 Å². The molecule has 0 unspecified atom stereocenters. The summed E-state index contributed by atoms with van der Waals surface area (Å²) >= 11 is 1.19. The number of carboxylic acids is 1. The Bertz CT molecular complexity index is 319. The van der Waals surface area contributed by atoms with Gasteiger partial charge in [0.15, 0.2) is 0 Å². The van der Waals surface area contributed by atoms with Gasteiger partial charge in [-0.1, -0.05) is 12.8 Å². The van der Waals surface area contributed by atoms with Crippen LogP contribution in [-0.4, -0.2) is 26.0 Å². The van der Waals surface area contributed by atoms with E-state index in [0.717, 1.165) is 12.8 Å². The highest BCUT2D eigenvalue weighted by Gasteiger charge is 2.41. The molecule has 6 heteroatoms. The van der Waals surface area contributed by atoms with Crippen LogP contribution in [0.2, 0.25) is 0 Å². The van der Waals surface area contributed by atoms with Crippen LogP contribution < -0.4 is 5.32 Å². The first-order valence-electron chi connectivity index (χ1n) is 4.51. The van der Waals surface area contributed by atoms with Crippen LogP contribution in [0.1, 0.15) is 25.7 Å². The molecule has 1 aromatic rings. The van der Waals surface area contributed by atoms with Crippen LogP contribution in [-0.2, 0) is 4.79 Å². The number of hydrogen-bond donors (Lipinski definition) is 2. The Morgan fingerprint density at radius 3 is 2.79 bits per heavy atom. The highest BCUT2D eigenvalue weighted by Crippen LogP contribution is 2.33. The third-order valence-corrected chi connectivity index (χ3v) is 3.15. The molecule has 1 heterocycles. The number of carboxylic acid groups (broad SMARTS) is 1. The maximum absolute atomic E-state index is 11.1. The molecule has 0 aromatic carbocycles. The van der Waals surface area contributed by atoms with Crippen LogP contribution in [0.25, 0.3) is 0 Å². The molecule has 2 rings (SSSR count). The molecule has 76 valence electrons. The molecule has 1 aromatic heterocycles. The molecule has 0 atom stereocenters. The monoisotopic (exact) mass is 213 g/mol. The SMILES string of the molecule is O=C(O)C1(Nc2ncns2)CCCC1. The second-order valence-electron chi connectivity index (χ2n) is 3.47. The molecule has 1 aliphatic carbocycles. The lowest BCUT2D eigenvalue weighted by Crippen LogP contribution is -2.43. The lowest BCUT2D eigenvalue weighted by atomic mass is 9.98. The molecular formula is C8H11N3O2S. The quantitative estimate of drug-likeness (QED) is 0.792. The summed E-state index contributed by atoms with van der Waals surface area (Å²) in [6, 6.07) is 0. The van der Waals surface area contributed by atoms with E-state index in [0.29, 0.717) is 18.0 Å². The van der Waals surface area contributed by atoms with Gasteiger partial charge in [0.2, 0.25) is 5.13 Å². The van der Waals surface area contributed by atoms with Crippen LogP contribution in [0.5, 0.6) is 0 Å². The molecule has 0 bridgehead atoms. The number of aromatic nitrogens is 2. The molecule has 1 aliphatic rings. The van der Waals surface area contributed by atoms with Crippen molar-refractivity contribution in [1.82, 2.24) is 9.36 Å². The summed E-state index contributed by atoms with van der Waals surface area (Å²) in [5.74, 6) is -0.787. The number of hydrogen-bond acceptors (Lipinski definition) is 5. The van der Waals surface area contributed by atoms with Gasteiger partial charge in [0.05, 0.1) is 0 Å². The van der Waals surface area contributed by atoms with Gasteiger partial charge in [0.25, 0.3) is 0 Å². The van der Waals surface area contributed by atoms with Gasteiger partial charge in [-0.2, -0.15) is 4.37 Å². The fourth-order valence-electron chi connectivity index (χ4n) is 1.80. The van der Waals surface area contributed by atoms with Gasteiger partial charge < -0.3 is 10.4 Å². The summed E-state index contributed by atoms with van der Waals surface area (Å²) in [6.07, 6.45) is 4.68. The van der Waals surface area contributed by atoms with E-state index in [2.05, 4.69) is 14.7 Å². The van der Waals surface area contributed by atoms with E-state index in [1.54, 1.807) is 0 Å². The molecule has 2 N–H and O–H groups in total. The first kappa shape index (κ1) is 9.39. The zero-order chi connectivity index (χ0) is 10.0. The van der Waals surface area contributed by atoms with Crippen molar-refractivity contribution in [2.45, 2.75) is 31.2 Å². The average molecular weight is 213 g/mol. The second-order valence-corrected chi connectivity index (χ2v) is 4.25. The number of nitrogens with one attached hydrogen (secondary N) is 1. The lowest BCUT2D eigenvalue weighted by molar-refractivity contribution is -0.142. The van der Waals surface area contributed by atoms with E-state index >= 15 is 0 Å². The van der Waals surface area contributed by atoms with Crippen molar-refractivity contribution in [2.24, 2.45) is 0 Å². The van der Waals surface area contributed by atoms with Crippen LogP contribution in [0.15, 0.2) is 6.33 Å². The van der Waals surface area contributed by atoms with Gasteiger partial charge >= 0.3 is 5.97 Å². The third-order valence-electron chi connectivity index (χ3n) is 2.57. The zero-order valence-electron chi connectivity index (χ0n) is 7.56. The Morgan fingerprint density at radius 2 is 2.29 bits per heavy atom. The van der Waals surface area contributed by atoms with Crippen LogP contribution in [0, 0.1) is 0 Å². The molecule has 5 nitrogen and oxygen atoms in total. The zero-order valence-corrected chi connectivity index (χ0v) is 8.38. The summed E-state index contributed by atoms with van der Waals surface area (Å²) in [4.78, 5) is 15.1. The average Bonchev–Trinajstić information content (AvgIpc) is 2.76. The van der Waals surface area contributed by atoms with Crippen LogP contribution in [0.3, 0.4) is 0 Å². The molecule has 1 fully saturated rings. The first-order chi connectivity index (χ1) is 6.73. The van der Waals surface area contributed by atoms with Gasteiger partial charge in [0, 0.05) is 11.5 Å². The number of nitrogens with zero attached hydrogens (tertiary/aromatic N) is 2. The molecule has 1 saturated carbocycles. The largest absolute Gasteiger partial charge is 0.480 e. The highest BCUT2D eigenvalue weighted by atomic mass is 32.1. The van der Waals surface area contributed by atoms with E-state index in [4.69, 9.17) is 5.11 Å². The van der Waals surface area contributed by atoms with Gasteiger partial charge in [0.1, 0.15) is 11.9 Å². The number of rotatable bonds is 3. The molecule has 0 saturated heterocycles. The van der Waals surface area contributed by atoms with Crippen molar-refractivity contribution in [2.75, 3.05) is 5.32 Å². The summed E-state index contributed by atoms with van der Waals surface area (Å²) in [5, 5.41) is 12.7. The minimum Gasteiger partial charge on any atom is -0.480 e. The Morgan fingerprint density at radius 1 is 1.57 bits per heavy atom. The Hall–Kier alpha value is -1.17. The summed E-state index contributed by atoms with van der Waals surface area (Å²) < 4.78 is 3.83. The fraction of sp³-hybridized carbons (Fsp3) is 0.625. The van der Waals surface area contributed by atoms with Crippen LogP contribution in [0.4, 0.5) is 5.13 Å². The maximum atomic E-state index is 11.1. The first-order valence-corrected chi connectivity index (χ1v) is 5.28. The standard InChI is InChI=1S/C8H11N3O2S/c12-6(13)8(3-1-2-4-8)11-7-9-5-10-14-7/h5H,1-4H2,(H,12,13)(H,9,10,11). The van der Waals surface area contributed by atoms with E-state index < -0.39 is 11.5 Å². The molecule has 14 heavy (non-hydrogen) atoms. The minimum atomic E-state index is -0.806. The maximum Gasteiger partial charge on any atom is 0.329 e. The highest BCUT2D eigenvalue weighted by molar-refractivity contribution is 7.09. The second kappa shape index (κ2) is 3.53. The molecule has 0 aliphatic heterocycles. The summed E-state index contributed by atoms with van der Waals surface area (Å²) in [7, 11) is 0. The van der Waals surface area contributed by atoms with Gasteiger partial charge in [-0.25, -0.2) is 9.78 Å². The number of anilines is 1. The normalized spacial score (nSPS) is 19.4. The third kappa shape index (κ3) is 1.57. The molecular weight excluding hydrogens is 202 g/mol. The lowest BCUT2D eigenvalue weighted by Gasteiger charge is -2.24. The molecule has 0 spiro atoms. The minimum absolute atomic E-state index is 0.592. The van der Waals surface area contributed by atoms with Crippen molar-refractivity contribution in [1.29, 1.82) is 0 Å². The van der Waals surface area contributed by atoms with Crippen LogP contribution >= 0.6 is 11.5 Å².